The highest BCUT2D eigenvalue weighted by atomic mass is 16.5. The molecule has 8 rings (SSSR count). The van der Waals surface area contributed by atoms with E-state index in [4.69, 9.17) is 19.0 Å². The first kappa shape index (κ1) is 42.9. The molecule has 0 spiro atoms. The van der Waals surface area contributed by atoms with Crippen molar-refractivity contribution in [2.24, 2.45) is 0 Å². The van der Waals surface area contributed by atoms with Crippen molar-refractivity contribution in [1.29, 1.82) is 0 Å². The van der Waals surface area contributed by atoms with E-state index < -0.39 is 6.04 Å². The van der Waals surface area contributed by atoms with E-state index in [1.807, 2.05) is 71.1 Å². The third-order valence-electron chi connectivity index (χ3n) is 11.6. The normalized spacial score (nSPS) is 16.5. The number of ether oxygens (including phenoxy) is 2. The molecule has 16 heteroatoms. The molecule has 2 atom stereocenters. The van der Waals surface area contributed by atoms with E-state index >= 15 is 0 Å². The van der Waals surface area contributed by atoms with Crippen LogP contribution < -0.4 is 30.3 Å². The molecule has 328 valence electrons. The maximum absolute atomic E-state index is 12.9. The highest BCUT2D eigenvalue weighted by molar-refractivity contribution is 6.01. The van der Waals surface area contributed by atoms with Crippen LogP contribution in [0.1, 0.15) is 80.6 Å². The summed E-state index contributed by atoms with van der Waals surface area (Å²) in [6.07, 6.45) is 3.50. The van der Waals surface area contributed by atoms with E-state index in [0.717, 1.165) is 78.0 Å². The Hall–Kier alpha value is -6.81. The Morgan fingerprint density at radius 1 is 0.984 bits per heavy atom. The molecule has 2 saturated heterocycles. The van der Waals surface area contributed by atoms with Gasteiger partial charge in [0.2, 0.25) is 17.7 Å². The zero-order valence-electron chi connectivity index (χ0n) is 36.6. The summed E-state index contributed by atoms with van der Waals surface area (Å²) in [5.74, 6) is 0.742. The minimum atomic E-state index is -0.491. The smallest absolute Gasteiger partial charge is 0.293 e. The van der Waals surface area contributed by atoms with Gasteiger partial charge < -0.3 is 29.5 Å². The lowest BCUT2D eigenvalue weighted by Crippen LogP contribution is -2.47. The van der Waals surface area contributed by atoms with Gasteiger partial charge in [0.15, 0.2) is 5.65 Å². The minimum Gasteiger partial charge on any atom is -0.494 e. The molecule has 0 aliphatic carbocycles. The Morgan fingerprint density at radius 2 is 1.76 bits per heavy atom. The number of aryl methyl sites for hydroxylation is 1. The number of H-pyrrole nitrogens is 1. The number of carbonyl (C=O) groups is 3. The predicted octanol–water partition coefficient (Wildman–Crippen LogP) is 6.59. The van der Waals surface area contributed by atoms with Gasteiger partial charge >= 0.3 is 0 Å². The highest BCUT2D eigenvalue weighted by Gasteiger charge is 2.28. The second kappa shape index (κ2) is 18.3. The minimum absolute atomic E-state index is 0.0171. The molecule has 0 radical (unpaired) electrons. The van der Waals surface area contributed by atoms with Crippen LogP contribution in [0.25, 0.3) is 33.4 Å². The number of piperazine rings is 1. The number of fused-ring (bicyclic) bond motifs is 1. The van der Waals surface area contributed by atoms with Crippen LogP contribution in [0.15, 0.2) is 77.4 Å². The van der Waals surface area contributed by atoms with Crippen LogP contribution in [-0.4, -0.2) is 100 Å². The number of aromatic amines is 1. The maximum atomic E-state index is 12.9. The van der Waals surface area contributed by atoms with Crippen molar-refractivity contribution in [2.75, 3.05) is 56.7 Å². The van der Waals surface area contributed by atoms with Crippen LogP contribution in [0.3, 0.4) is 0 Å². The van der Waals surface area contributed by atoms with Gasteiger partial charge in [0.25, 0.3) is 11.7 Å². The number of hydrogen-bond donors (Lipinski definition) is 4. The first-order valence-corrected chi connectivity index (χ1v) is 21.4. The summed E-state index contributed by atoms with van der Waals surface area (Å²) in [5, 5.41) is 21.1. The van der Waals surface area contributed by atoms with E-state index in [2.05, 4.69) is 82.5 Å². The first-order valence-electron chi connectivity index (χ1n) is 21.4. The number of amides is 3. The molecule has 63 heavy (non-hydrogen) atoms. The van der Waals surface area contributed by atoms with Gasteiger partial charge in [-0.3, -0.25) is 29.7 Å². The summed E-state index contributed by atoms with van der Waals surface area (Å²) < 4.78 is 16.9. The molecule has 2 aliphatic heterocycles. The summed E-state index contributed by atoms with van der Waals surface area (Å²) in [6, 6.07) is 21.7. The molecule has 16 nitrogen and oxygen atoms in total. The highest BCUT2D eigenvalue weighted by Crippen LogP contribution is 2.33. The van der Waals surface area contributed by atoms with E-state index in [-0.39, 0.29) is 35.0 Å². The van der Waals surface area contributed by atoms with E-state index in [0.29, 0.717) is 48.2 Å². The summed E-state index contributed by atoms with van der Waals surface area (Å²) >= 11 is 0. The summed E-state index contributed by atoms with van der Waals surface area (Å²) in [5.41, 5.74) is 8.05. The molecular weight excluding hydrogens is 801 g/mol. The van der Waals surface area contributed by atoms with Gasteiger partial charge in [-0.05, 0) is 79.8 Å². The summed E-state index contributed by atoms with van der Waals surface area (Å²) in [6.45, 7) is 15.1. The number of nitrogens with one attached hydrogen (secondary N) is 4. The van der Waals surface area contributed by atoms with Crippen molar-refractivity contribution in [3.8, 4) is 33.9 Å². The number of benzene rings is 3. The molecule has 6 aromatic rings. The number of carbonyl (C=O) groups excluding carboxylic acids is 3. The number of pyridine rings is 1. The molecule has 5 heterocycles. The van der Waals surface area contributed by atoms with Crippen LogP contribution in [0.5, 0.6) is 11.5 Å². The molecule has 4 N–H and O–H groups in total. The zero-order chi connectivity index (χ0) is 44.3. The van der Waals surface area contributed by atoms with Crippen LogP contribution in [0, 0.1) is 6.92 Å². The van der Waals surface area contributed by atoms with Gasteiger partial charge in [0.1, 0.15) is 23.2 Å². The Morgan fingerprint density at radius 3 is 2.48 bits per heavy atom. The number of piperidine rings is 1. The SMILES string of the molecule is COc1cc(OCCCN2CCN(c3ccc(-c4cnc5[nH]nc(-c6ccc([C@@H](C)NC(=O)c7noc(C(C)(C)C)n7)c(C)c6)c5c4)cc3)CC2)ccc1NC1CCC(=O)NC1=O. The average Bonchev–Trinajstić information content (AvgIpc) is 3.96. The van der Waals surface area contributed by atoms with E-state index in [1.54, 1.807) is 7.11 Å². The fourth-order valence-corrected chi connectivity index (χ4v) is 8.02. The molecule has 3 amide bonds. The van der Waals surface area contributed by atoms with Crippen molar-refractivity contribution < 1.29 is 28.4 Å². The zero-order valence-corrected chi connectivity index (χ0v) is 36.6. The fraction of sp³-hybridized carbons (Fsp3) is 0.383. The summed E-state index contributed by atoms with van der Waals surface area (Å²) in [4.78, 5) is 50.5. The van der Waals surface area contributed by atoms with Crippen LogP contribution in [0.4, 0.5) is 11.4 Å². The molecule has 0 bridgehead atoms. The lowest BCUT2D eigenvalue weighted by atomic mass is 9.97. The number of aromatic nitrogens is 5. The Bertz CT molecular complexity index is 2610. The third kappa shape index (κ3) is 9.81. The predicted molar refractivity (Wildman–Crippen MR) is 240 cm³/mol. The van der Waals surface area contributed by atoms with Crippen molar-refractivity contribution in [3.05, 3.63) is 95.8 Å². The fourth-order valence-electron chi connectivity index (χ4n) is 8.02. The van der Waals surface area contributed by atoms with Crippen LogP contribution in [-0.2, 0) is 15.0 Å². The second-order valence-electron chi connectivity index (χ2n) is 17.2. The van der Waals surface area contributed by atoms with Crippen molar-refractivity contribution >= 4 is 40.1 Å². The van der Waals surface area contributed by atoms with Crippen LogP contribution in [0.2, 0.25) is 0 Å². The molecule has 0 saturated carbocycles. The molecular formula is C47H54N10O6. The number of anilines is 2. The molecule has 3 aromatic heterocycles. The summed E-state index contributed by atoms with van der Waals surface area (Å²) in [7, 11) is 1.58. The number of imide groups is 1. The quantitative estimate of drug-likeness (QED) is 0.0679. The number of rotatable bonds is 14. The molecule has 2 aliphatic rings. The van der Waals surface area contributed by atoms with Crippen molar-refractivity contribution in [1.82, 2.24) is 40.9 Å². The maximum Gasteiger partial charge on any atom is 0.293 e. The van der Waals surface area contributed by atoms with E-state index in [1.165, 1.54) is 5.69 Å². The van der Waals surface area contributed by atoms with Gasteiger partial charge in [-0.2, -0.15) is 10.1 Å². The topological polar surface area (TPSA) is 193 Å². The molecule has 2 fully saturated rings. The van der Waals surface area contributed by atoms with Crippen molar-refractivity contribution in [2.45, 2.75) is 71.4 Å². The Balaban J connectivity index is 0.821. The van der Waals surface area contributed by atoms with Crippen LogP contribution >= 0.6 is 0 Å². The van der Waals surface area contributed by atoms with E-state index in [9.17, 15) is 14.4 Å². The Kier molecular flexibility index (Phi) is 12.4. The van der Waals surface area contributed by atoms with Gasteiger partial charge in [0.05, 0.1) is 25.4 Å². The van der Waals surface area contributed by atoms with Gasteiger partial charge in [0, 0.05) is 79.0 Å². The monoisotopic (exact) mass is 854 g/mol. The largest absolute Gasteiger partial charge is 0.494 e. The number of nitrogens with zero attached hydrogens (tertiary/aromatic N) is 6. The number of methoxy groups -OCH3 is 1. The van der Waals surface area contributed by atoms with Crippen molar-refractivity contribution in [3.63, 3.8) is 0 Å². The second-order valence-corrected chi connectivity index (χ2v) is 17.2. The van der Waals surface area contributed by atoms with Gasteiger partial charge in [-0.15, -0.1) is 0 Å². The average molecular weight is 855 g/mol. The molecule has 1 unspecified atom stereocenters. The third-order valence-corrected chi connectivity index (χ3v) is 11.6. The lowest BCUT2D eigenvalue weighted by molar-refractivity contribution is -0.133. The van der Waals surface area contributed by atoms with Gasteiger partial charge in [-0.25, -0.2) is 4.98 Å². The Labute approximate surface area is 366 Å². The lowest BCUT2D eigenvalue weighted by Gasteiger charge is -2.36. The molecule has 3 aromatic carbocycles. The standard InChI is InChI=1S/C47H54N10O6/c1-28-24-31(10-14-35(28)29(2)49-45(60)43-52-46(63-55-43)47(3,4)5)41-36-25-32(27-48-42(36)54-53-41)30-8-11-33(12-9-30)57-21-19-56(20-22-57)18-7-23-62-34-13-15-37(39(26-34)61-6)50-38-16-17-40(58)51-44(38)59/h8-15,24-27,29,38,50H,7,16-23H2,1-6H3,(H,49,60)(H,48,53,54)(H,51,58,59)/t29-,38?/m1/s1. The first-order chi connectivity index (χ1) is 30.3. The van der Waals surface area contributed by atoms with Gasteiger partial charge in [-0.1, -0.05) is 50.2 Å². The number of hydrogen-bond acceptors (Lipinski definition) is 13.